The molecule has 0 fully saturated rings. The normalized spacial score (nSPS) is 10.5. The molecule has 5 nitrogen and oxygen atoms in total. The molecular formula is C14H13BrFN3O2. The Balaban J connectivity index is 2.22. The summed E-state index contributed by atoms with van der Waals surface area (Å²) >= 11 is 3.15. The molecule has 7 heteroatoms. The smallest absolute Gasteiger partial charge is 0.312 e. The molecule has 1 aromatic carbocycles. The second-order valence-electron chi connectivity index (χ2n) is 4.68. The lowest BCUT2D eigenvalue weighted by Gasteiger charge is -2.09. The van der Waals surface area contributed by atoms with Crippen molar-refractivity contribution in [2.24, 2.45) is 0 Å². The molecule has 0 spiro atoms. The fourth-order valence-electron chi connectivity index (χ4n) is 2.03. The highest BCUT2D eigenvalue weighted by molar-refractivity contribution is 9.10. The van der Waals surface area contributed by atoms with Crippen molar-refractivity contribution in [3.8, 4) is 0 Å². The summed E-state index contributed by atoms with van der Waals surface area (Å²) in [6.07, 6.45) is 1.48. The van der Waals surface area contributed by atoms with Crippen LogP contribution in [0.1, 0.15) is 16.7 Å². The van der Waals surface area contributed by atoms with Gasteiger partial charge in [-0.15, -0.1) is 0 Å². The highest BCUT2D eigenvalue weighted by Gasteiger charge is 2.15. The third-order valence-corrected chi connectivity index (χ3v) is 3.42. The molecule has 0 bridgehead atoms. The Morgan fingerprint density at radius 2 is 1.95 bits per heavy atom. The molecule has 0 aliphatic carbocycles. The molecule has 0 saturated carbocycles. The molecule has 21 heavy (non-hydrogen) atoms. The second-order valence-corrected chi connectivity index (χ2v) is 5.59. The molecule has 2 rings (SSSR count). The van der Waals surface area contributed by atoms with Gasteiger partial charge in [0, 0.05) is 23.3 Å². The van der Waals surface area contributed by atoms with Crippen molar-refractivity contribution in [2.45, 2.75) is 20.4 Å². The Hall–Kier alpha value is -2.02. The van der Waals surface area contributed by atoms with Crippen LogP contribution in [-0.4, -0.2) is 9.91 Å². The van der Waals surface area contributed by atoms with Gasteiger partial charge < -0.3 is 5.32 Å². The van der Waals surface area contributed by atoms with E-state index in [2.05, 4.69) is 26.2 Å². The number of aryl methyl sites for hydroxylation is 2. The average Bonchev–Trinajstić information content (AvgIpc) is 2.43. The SMILES string of the molecule is Cc1cc(CNc2ncc(Br)cc2[N+](=O)[O-])cc(C)c1F. The van der Waals surface area contributed by atoms with Gasteiger partial charge in [-0.05, 0) is 46.5 Å². The topological polar surface area (TPSA) is 68.1 Å². The van der Waals surface area contributed by atoms with E-state index in [1.165, 1.54) is 12.3 Å². The van der Waals surface area contributed by atoms with Crippen molar-refractivity contribution < 1.29 is 9.31 Å². The number of hydrogen-bond acceptors (Lipinski definition) is 4. The molecule has 110 valence electrons. The van der Waals surface area contributed by atoms with Crippen molar-refractivity contribution in [3.05, 3.63) is 61.5 Å². The minimum Gasteiger partial charge on any atom is -0.360 e. The van der Waals surface area contributed by atoms with Crippen LogP contribution in [0.2, 0.25) is 0 Å². The summed E-state index contributed by atoms with van der Waals surface area (Å²) < 4.78 is 14.1. The summed E-state index contributed by atoms with van der Waals surface area (Å²) in [7, 11) is 0. The predicted molar refractivity (Wildman–Crippen MR) is 81.8 cm³/mol. The molecule has 1 aromatic heterocycles. The van der Waals surface area contributed by atoms with Gasteiger partial charge in [0.2, 0.25) is 5.82 Å². The monoisotopic (exact) mass is 353 g/mol. The molecule has 0 atom stereocenters. The molecule has 1 N–H and O–H groups in total. The van der Waals surface area contributed by atoms with Gasteiger partial charge in [0.05, 0.1) is 4.92 Å². The van der Waals surface area contributed by atoms with Gasteiger partial charge in [-0.2, -0.15) is 0 Å². The Labute approximate surface area is 129 Å². The van der Waals surface area contributed by atoms with Crippen LogP contribution in [-0.2, 0) is 6.54 Å². The Morgan fingerprint density at radius 3 is 2.52 bits per heavy atom. The number of nitro groups is 1. The fourth-order valence-corrected chi connectivity index (χ4v) is 2.35. The first-order valence-electron chi connectivity index (χ1n) is 6.18. The van der Waals surface area contributed by atoms with E-state index >= 15 is 0 Å². The zero-order valence-corrected chi connectivity index (χ0v) is 13.1. The van der Waals surface area contributed by atoms with Gasteiger partial charge in [0.15, 0.2) is 0 Å². The Kier molecular flexibility index (Phi) is 4.52. The fraction of sp³-hybridized carbons (Fsp3) is 0.214. The van der Waals surface area contributed by atoms with Crippen molar-refractivity contribution in [1.82, 2.24) is 4.98 Å². The van der Waals surface area contributed by atoms with E-state index in [1.54, 1.807) is 26.0 Å². The zero-order valence-electron chi connectivity index (χ0n) is 11.5. The van der Waals surface area contributed by atoms with Crippen molar-refractivity contribution >= 4 is 27.4 Å². The summed E-state index contributed by atoms with van der Waals surface area (Å²) in [6, 6.07) is 4.80. The van der Waals surface area contributed by atoms with Gasteiger partial charge in [0.1, 0.15) is 5.82 Å². The van der Waals surface area contributed by atoms with E-state index in [4.69, 9.17) is 0 Å². The van der Waals surface area contributed by atoms with Crippen LogP contribution in [0.3, 0.4) is 0 Å². The lowest BCUT2D eigenvalue weighted by atomic mass is 10.1. The van der Waals surface area contributed by atoms with E-state index in [1.807, 2.05) is 0 Å². The van der Waals surface area contributed by atoms with E-state index in [-0.39, 0.29) is 17.3 Å². The molecule has 1 heterocycles. The van der Waals surface area contributed by atoms with Crippen LogP contribution < -0.4 is 5.32 Å². The van der Waals surface area contributed by atoms with E-state index < -0.39 is 4.92 Å². The van der Waals surface area contributed by atoms with Crippen molar-refractivity contribution in [3.63, 3.8) is 0 Å². The summed E-state index contributed by atoms with van der Waals surface area (Å²) in [5.74, 6) is -0.0469. The van der Waals surface area contributed by atoms with Gasteiger partial charge in [0.25, 0.3) is 0 Å². The summed E-state index contributed by atoms with van der Waals surface area (Å²) in [4.78, 5) is 14.5. The lowest BCUT2D eigenvalue weighted by molar-refractivity contribution is -0.384. The van der Waals surface area contributed by atoms with Gasteiger partial charge >= 0.3 is 5.69 Å². The number of pyridine rings is 1. The van der Waals surface area contributed by atoms with Gasteiger partial charge in [-0.3, -0.25) is 10.1 Å². The molecule has 0 saturated heterocycles. The predicted octanol–water partition coefficient (Wildman–Crippen LogP) is 4.12. The first-order chi connectivity index (χ1) is 9.88. The average molecular weight is 354 g/mol. The summed E-state index contributed by atoms with van der Waals surface area (Å²) in [5, 5.41) is 13.9. The van der Waals surface area contributed by atoms with Crippen LogP contribution in [0.15, 0.2) is 28.9 Å². The maximum absolute atomic E-state index is 13.6. The standard InChI is InChI=1S/C14H13BrFN3O2/c1-8-3-10(4-9(2)13(8)16)6-17-14-12(19(20)21)5-11(15)7-18-14/h3-5,7H,6H2,1-2H3,(H,17,18). The number of hydrogen-bond donors (Lipinski definition) is 1. The Morgan fingerprint density at radius 1 is 1.33 bits per heavy atom. The number of anilines is 1. The first kappa shape index (κ1) is 15.4. The quantitative estimate of drug-likeness (QED) is 0.663. The van der Waals surface area contributed by atoms with Crippen LogP contribution in [0.5, 0.6) is 0 Å². The third-order valence-electron chi connectivity index (χ3n) is 2.99. The maximum atomic E-state index is 13.6. The highest BCUT2D eigenvalue weighted by atomic mass is 79.9. The molecular weight excluding hydrogens is 341 g/mol. The highest BCUT2D eigenvalue weighted by Crippen LogP contribution is 2.26. The summed E-state index contributed by atoms with van der Waals surface area (Å²) in [6.45, 7) is 3.70. The number of rotatable bonds is 4. The molecule has 2 aromatic rings. The van der Waals surface area contributed by atoms with Crippen LogP contribution in [0, 0.1) is 29.8 Å². The second kappa shape index (κ2) is 6.17. The minimum atomic E-state index is -0.499. The first-order valence-corrected chi connectivity index (χ1v) is 6.97. The zero-order chi connectivity index (χ0) is 15.6. The van der Waals surface area contributed by atoms with Crippen LogP contribution in [0.25, 0.3) is 0 Å². The molecule has 0 radical (unpaired) electrons. The lowest BCUT2D eigenvalue weighted by Crippen LogP contribution is -2.05. The number of nitrogens with zero attached hydrogens (tertiary/aromatic N) is 2. The van der Waals surface area contributed by atoms with E-state index in [0.29, 0.717) is 22.1 Å². The van der Waals surface area contributed by atoms with Gasteiger partial charge in [-0.1, -0.05) is 12.1 Å². The number of aromatic nitrogens is 1. The van der Waals surface area contributed by atoms with E-state index in [0.717, 1.165) is 5.56 Å². The van der Waals surface area contributed by atoms with Crippen molar-refractivity contribution in [1.29, 1.82) is 0 Å². The molecule has 0 aliphatic rings. The third kappa shape index (κ3) is 3.55. The summed E-state index contributed by atoms with van der Waals surface area (Å²) in [5.41, 5.74) is 1.82. The molecule has 0 amide bonds. The number of nitrogens with one attached hydrogen (secondary N) is 1. The minimum absolute atomic E-state index is 0.111. The maximum Gasteiger partial charge on any atom is 0.312 e. The number of benzene rings is 1. The Bertz CT molecular complexity index is 684. The van der Waals surface area contributed by atoms with Gasteiger partial charge in [-0.25, -0.2) is 9.37 Å². The van der Waals surface area contributed by atoms with Crippen LogP contribution >= 0.6 is 15.9 Å². The van der Waals surface area contributed by atoms with Crippen molar-refractivity contribution in [2.75, 3.05) is 5.32 Å². The molecule has 0 unspecified atom stereocenters. The number of halogens is 2. The molecule has 0 aliphatic heterocycles. The largest absolute Gasteiger partial charge is 0.360 e. The van der Waals surface area contributed by atoms with Crippen LogP contribution in [0.4, 0.5) is 15.9 Å². The van der Waals surface area contributed by atoms with E-state index in [9.17, 15) is 14.5 Å².